The van der Waals surface area contributed by atoms with Crippen molar-refractivity contribution in [3.8, 4) is 0 Å². The van der Waals surface area contributed by atoms with Crippen LogP contribution in [0, 0.1) is 5.85 Å². The molecule has 0 amide bonds. The van der Waals surface area contributed by atoms with Crippen molar-refractivity contribution in [3.63, 3.8) is 0 Å². The molecule has 0 bridgehead atoms. The molecule has 0 aromatic carbocycles. The van der Waals surface area contributed by atoms with Gasteiger partial charge in [-0.05, 0) is 26.2 Å². The number of aliphatic hydroxyl groups is 1. The lowest BCUT2D eigenvalue weighted by molar-refractivity contribution is 0.345. The maximum atomic E-state index is 9.58. The first-order valence-corrected chi connectivity index (χ1v) is 5.54. The van der Waals surface area contributed by atoms with Crippen LogP contribution in [0.3, 0.4) is 0 Å². The van der Waals surface area contributed by atoms with Crippen molar-refractivity contribution < 1.29 is 5.11 Å². The second kappa shape index (κ2) is 5.26. The van der Waals surface area contributed by atoms with Crippen molar-refractivity contribution in [3.05, 3.63) is 35.6 Å². The molecule has 1 aromatic rings. The Morgan fingerprint density at radius 1 is 1.25 bits per heavy atom. The Balaban J connectivity index is 2.48. The van der Waals surface area contributed by atoms with Crippen LogP contribution in [0.5, 0.6) is 0 Å². The molecular weight excluding hydrogens is 169 g/mol. The predicted octanol–water partition coefficient (Wildman–Crippen LogP) is 2.40. The summed E-state index contributed by atoms with van der Waals surface area (Å²) in [6.07, 6.45) is 1.60. The van der Waals surface area contributed by atoms with Gasteiger partial charge in [0.05, 0.1) is 11.6 Å². The average molecular weight is 183 g/mol. The van der Waals surface area contributed by atoms with Crippen molar-refractivity contribution in [1.29, 1.82) is 0 Å². The zero-order chi connectivity index (χ0) is 8.81. The van der Waals surface area contributed by atoms with Gasteiger partial charge in [0, 0.05) is 5.85 Å². The van der Waals surface area contributed by atoms with Gasteiger partial charge in [-0.25, -0.2) is 0 Å². The van der Waals surface area contributed by atoms with Gasteiger partial charge in [-0.1, -0.05) is 12.5 Å². The maximum absolute atomic E-state index is 9.58. The fraction of sp³-hybridized carbons (Fsp3) is 0.333. The molecule has 1 heterocycles. The molecule has 3 N–H and O–H groups in total. The number of rotatable bonds is 4. The summed E-state index contributed by atoms with van der Waals surface area (Å²) < 4.78 is 0. The van der Waals surface area contributed by atoms with Gasteiger partial charge >= 0.3 is 0 Å². The van der Waals surface area contributed by atoms with Crippen LogP contribution in [0.15, 0.2) is 29.8 Å². The van der Waals surface area contributed by atoms with Crippen LogP contribution in [0.25, 0.3) is 0 Å². The number of nitrogens with two attached hydrogens (primary N) is 1. The highest BCUT2D eigenvalue weighted by atomic mass is 31.1. The third-order valence-corrected chi connectivity index (χ3v) is 3.42. The third kappa shape index (κ3) is 2.90. The van der Waals surface area contributed by atoms with Gasteiger partial charge in [-0.3, -0.25) is 0 Å². The second-order valence-corrected chi connectivity index (χ2v) is 4.52. The van der Waals surface area contributed by atoms with E-state index in [0.717, 1.165) is 12.8 Å². The average Bonchev–Trinajstić information content (AvgIpc) is 2.15. The van der Waals surface area contributed by atoms with E-state index in [4.69, 9.17) is 5.73 Å². The highest BCUT2D eigenvalue weighted by Gasteiger charge is 2.02. The summed E-state index contributed by atoms with van der Waals surface area (Å²) in [5.74, 6) is 4.67. The minimum atomic E-state index is -0.520. The number of hydrogen-bond donors (Lipinski definition) is 2. The molecule has 0 aliphatic rings. The maximum Gasteiger partial charge on any atom is 0.0837 e. The fourth-order valence-electron chi connectivity index (χ4n) is 0.960. The van der Waals surface area contributed by atoms with Crippen molar-refractivity contribution in [1.82, 2.24) is 0 Å². The monoisotopic (exact) mass is 183 g/mol. The summed E-state index contributed by atoms with van der Waals surface area (Å²) in [6.45, 7) is 0.646. The summed E-state index contributed by atoms with van der Waals surface area (Å²) in [4.78, 5) is 0. The van der Waals surface area contributed by atoms with Gasteiger partial charge < -0.3 is 10.8 Å². The summed E-state index contributed by atoms with van der Waals surface area (Å²) >= 11 is 0. The molecule has 1 rings (SSSR count). The summed E-state index contributed by atoms with van der Waals surface area (Å²) in [6, 6.07) is 5.92. The topological polar surface area (TPSA) is 46.2 Å². The molecule has 0 spiro atoms. The Bertz CT molecular complexity index is 215. The van der Waals surface area contributed by atoms with Crippen LogP contribution in [0.4, 0.5) is 0 Å². The van der Waals surface area contributed by atoms with Crippen molar-refractivity contribution >= 4 is 7.53 Å². The lowest BCUT2D eigenvalue weighted by Crippen LogP contribution is -2.00. The van der Waals surface area contributed by atoms with Crippen molar-refractivity contribution in [2.75, 3.05) is 6.54 Å². The molecule has 0 atom stereocenters. The van der Waals surface area contributed by atoms with Crippen LogP contribution in [0.2, 0.25) is 0 Å². The van der Waals surface area contributed by atoms with Gasteiger partial charge in [0.2, 0.25) is 0 Å². The SMILES string of the molecule is NCCC[C-](O)[p+]1ccccc1. The van der Waals surface area contributed by atoms with E-state index in [0.29, 0.717) is 12.4 Å². The summed E-state index contributed by atoms with van der Waals surface area (Å²) in [7, 11) is -0.520. The molecule has 1 aromatic heterocycles. The number of aliphatic hydroxyl groups excluding tert-OH is 1. The smallest absolute Gasteiger partial charge is 0.0837 e. The van der Waals surface area contributed by atoms with E-state index in [9.17, 15) is 5.11 Å². The van der Waals surface area contributed by atoms with E-state index in [-0.39, 0.29) is 0 Å². The highest BCUT2D eigenvalue weighted by molar-refractivity contribution is 7.51. The van der Waals surface area contributed by atoms with Crippen LogP contribution >= 0.6 is 7.53 Å². The minimum absolute atomic E-state index is 0.520. The lowest BCUT2D eigenvalue weighted by Gasteiger charge is -2.12. The van der Waals surface area contributed by atoms with Crippen LogP contribution in [-0.2, 0) is 0 Å². The van der Waals surface area contributed by atoms with Crippen molar-refractivity contribution in [2.24, 2.45) is 5.73 Å². The highest BCUT2D eigenvalue weighted by Crippen LogP contribution is 2.37. The van der Waals surface area contributed by atoms with Gasteiger partial charge in [0.25, 0.3) is 0 Å². The minimum Gasteiger partial charge on any atom is -0.516 e. The van der Waals surface area contributed by atoms with E-state index in [1.165, 1.54) is 0 Å². The molecular formula is C9H14NOP. The van der Waals surface area contributed by atoms with Crippen molar-refractivity contribution in [2.45, 2.75) is 12.8 Å². The van der Waals surface area contributed by atoms with Gasteiger partial charge in [0.15, 0.2) is 0 Å². The molecule has 0 saturated heterocycles. The zero-order valence-corrected chi connectivity index (χ0v) is 7.87. The standard InChI is InChI=1S/C9H14NOP/c10-6-4-5-9(11)12-7-2-1-3-8-12/h1-3,7-8,11H,4-6,10H2. The summed E-state index contributed by atoms with van der Waals surface area (Å²) in [5, 5.41) is 9.58. The Labute approximate surface area is 74.1 Å². The fourth-order valence-corrected chi connectivity index (χ4v) is 2.39. The van der Waals surface area contributed by atoms with E-state index in [1.807, 2.05) is 29.8 Å². The van der Waals surface area contributed by atoms with Crippen LogP contribution in [0.1, 0.15) is 12.8 Å². The second-order valence-electron chi connectivity index (χ2n) is 2.59. The molecule has 0 saturated carbocycles. The normalized spacial score (nSPS) is 10.6. The quantitative estimate of drug-likeness (QED) is 0.704. The molecule has 0 radical (unpaired) electrons. The van der Waals surface area contributed by atoms with E-state index in [2.05, 4.69) is 0 Å². The van der Waals surface area contributed by atoms with Gasteiger partial charge in [0.1, 0.15) is 0 Å². The predicted molar refractivity (Wildman–Crippen MR) is 52.4 cm³/mol. The van der Waals surface area contributed by atoms with E-state index < -0.39 is 7.53 Å². The molecule has 0 fully saturated rings. The van der Waals surface area contributed by atoms with E-state index >= 15 is 0 Å². The molecule has 3 heteroatoms. The third-order valence-electron chi connectivity index (χ3n) is 1.62. The molecule has 0 unspecified atom stereocenters. The molecule has 0 aliphatic carbocycles. The Morgan fingerprint density at radius 3 is 2.50 bits per heavy atom. The van der Waals surface area contributed by atoms with Crippen LogP contribution in [-0.4, -0.2) is 11.7 Å². The van der Waals surface area contributed by atoms with Crippen LogP contribution < -0.4 is 5.73 Å². The largest absolute Gasteiger partial charge is 0.516 e. The van der Waals surface area contributed by atoms with E-state index in [1.54, 1.807) is 0 Å². The number of hydrogen-bond acceptors (Lipinski definition) is 2. The molecule has 66 valence electrons. The Morgan fingerprint density at radius 2 is 1.92 bits per heavy atom. The molecule has 2 nitrogen and oxygen atoms in total. The zero-order valence-electron chi connectivity index (χ0n) is 6.98. The first kappa shape index (κ1) is 9.66. The lowest BCUT2D eigenvalue weighted by atomic mass is 10.3. The molecule has 0 aliphatic heterocycles. The summed E-state index contributed by atoms with van der Waals surface area (Å²) in [5.41, 5.74) is 5.35. The van der Waals surface area contributed by atoms with Gasteiger partial charge in [-0.2, -0.15) is 0 Å². The molecule has 12 heavy (non-hydrogen) atoms. The first-order valence-electron chi connectivity index (χ1n) is 4.06. The van der Waals surface area contributed by atoms with Gasteiger partial charge in [-0.15, -0.1) is 6.42 Å². The Kier molecular flexibility index (Phi) is 4.23. The Hall–Kier alpha value is -0.430. The first-order chi connectivity index (χ1) is 5.84.